The highest BCUT2D eigenvalue weighted by Crippen LogP contribution is 2.49. The number of carbonyl (C=O) groups is 1. The second-order valence-corrected chi connectivity index (χ2v) is 10.7. The summed E-state index contributed by atoms with van der Waals surface area (Å²) in [4.78, 5) is 27.5. The predicted octanol–water partition coefficient (Wildman–Crippen LogP) is 5.84. The van der Waals surface area contributed by atoms with Crippen LogP contribution in [-0.4, -0.2) is 39.9 Å². The molecular weight excluding hydrogens is 442 g/mol. The van der Waals surface area contributed by atoms with Crippen LogP contribution >= 0.6 is 0 Å². The molecule has 8 heteroatoms. The number of benzene rings is 1. The van der Waals surface area contributed by atoms with E-state index in [4.69, 9.17) is 16.0 Å². The molecule has 1 saturated heterocycles. The summed E-state index contributed by atoms with van der Waals surface area (Å²) in [5, 5.41) is 0. The van der Waals surface area contributed by atoms with Crippen LogP contribution in [0.1, 0.15) is 57.1 Å². The lowest BCUT2D eigenvalue weighted by Crippen LogP contribution is -2.45. The van der Waals surface area contributed by atoms with Gasteiger partial charge in [0.15, 0.2) is 5.69 Å². The van der Waals surface area contributed by atoms with Crippen molar-refractivity contribution in [3.05, 3.63) is 53.9 Å². The van der Waals surface area contributed by atoms with Crippen LogP contribution in [0, 0.1) is 12.0 Å². The molecule has 6 rings (SSSR count). The summed E-state index contributed by atoms with van der Waals surface area (Å²) in [6, 6.07) is 7.57. The van der Waals surface area contributed by atoms with Gasteiger partial charge in [-0.3, -0.25) is 9.88 Å². The fraction of sp³-hybridized carbons (Fsp3) is 0.481. The van der Waals surface area contributed by atoms with E-state index in [1.165, 1.54) is 0 Å². The first kappa shape index (κ1) is 21.9. The Morgan fingerprint density at radius 3 is 2.89 bits per heavy atom. The molecule has 1 spiro atoms. The molecule has 8 nitrogen and oxygen atoms in total. The first-order chi connectivity index (χ1) is 16.9. The Labute approximate surface area is 204 Å². The number of pyridine rings is 1. The van der Waals surface area contributed by atoms with Crippen LogP contribution in [0.2, 0.25) is 0 Å². The average Bonchev–Trinajstić information content (AvgIpc) is 3.57. The summed E-state index contributed by atoms with van der Waals surface area (Å²) in [7, 11) is 1.64. The monoisotopic (exact) mass is 471 g/mol. The number of fused-ring (bicyclic) bond motifs is 1. The molecule has 0 bridgehead atoms. The molecule has 3 fully saturated rings. The highest BCUT2D eigenvalue weighted by molar-refractivity contribution is 5.92. The number of hydrogen-bond donors (Lipinski definition) is 0. The van der Waals surface area contributed by atoms with Crippen molar-refractivity contribution in [2.45, 2.75) is 63.5 Å². The number of aromatic nitrogens is 3. The number of methoxy groups -OCH3 is 1. The zero-order valence-electron chi connectivity index (χ0n) is 20.2. The van der Waals surface area contributed by atoms with Crippen molar-refractivity contribution in [3.8, 4) is 5.75 Å². The lowest BCUT2D eigenvalue weighted by Gasteiger charge is -2.43. The fourth-order valence-corrected chi connectivity index (χ4v) is 6.02. The Morgan fingerprint density at radius 1 is 1.26 bits per heavy atom. The van der Waals surface area contributed by atoms with Crippen LogP contribution in [0.25, 0.3) is 15.9 Å². The molecule has 3 heterocycles. The van der Waals surface area contributed by atoms with Gasteiger partial charge in [0.1, 0.15) is 17.0 Å². The van der Waals surface area contributed by atoms with Gasteiger partial charge in [-0.1, -0.05) is 13.0 Å². The Balaban J connectivity index is 1.25. The van der Waals surface area contributed by atoms with E-state index in [0.29, 0.717) is 29.6 Å². The summed E-state index contributed by atoms with van der Waals surface area (Å²) < 4.78 is 13.9. The number of imidazole rings is 1. The highest BCUT2D eigenvalue weighted by atomic mass is 16.6. The van der Waals surface area contributed by atoms with Gasteiger partial charge in [-0.25, -0.2) is 14.6 Å². The predicted molar refractivity (Wildman–Crippen MR) is 132 cm³/mol. The molecule has 180 valence electrons. The molecule has 3 aliphatic rings. The van der Waals surface area contributed by atoms with Gasteiger partial charge in [-0.2, -0.15) is 0 Å². The summed E-state index contributed by atoms with van der Waals surface area (Å²) >= 11 is 0. The smallest absolute Gasteiger partial charge is 0.415 e. The first-order valence-corrected chi connectivity index (χ1v) is 12.3. The number of amides is 1. The maximum Gasteiger partial charge on any atom is 0.415 e. The molecule has 2 aliphatic carbocycles. The van der Waals surface area contributed by atoms with Crippen molar-refractivity contribution in [2.24, 2.45) is 5.41 Å². The zero-order chi connectivity index (χ0) is 24.2. The molecule has 1 aliphatic heterocycles. The molecular formula is C27H29N5O3. The quantitative estimate of drug-likeness (QED) is 0.437. The normalized spacial score (nSPS) is 26.2. The largest absolute Gasteiger partial charge is 0.494 e. The van der Waals surface area contributed by atoms with E-state index in [1.54, 1.807) is 24.3 Å². The molecule has 1 amide bonds. The van der Waals surface area contributed by atoms with E-state index in [1.807, 2.05) is 24.5 Å². The van der Waals surface area contributed by atoms with E-state index < -0.39 is 5.60 Å². The van der Waals surface area contributed by atoms with E-state index in [2.05, 4.69) is 26.3 Å². The second kappa shape index (κ2) is 7.98. The molecule has 35 heavy (non-hydrogen) atoms. The molecule has 2 atom stereocenters. The third kappa shape index (κ3) is 3.89. The number of hydrogen-bond acceptors (Lipinski definition) is 5. The number of anilines is 1. The van der Waals surface area contributed by atoms with Crippen LogP contribution in [0.15, 0.2) is 36.8 Å². The number of ether oxygens (including phenoxy) is 2. The first-order valence-electron chi connectivity index (χ1n) is 12.3. The summed E-state index contributed by atoms with van der Waals surface area (Å²) in [5.41, 5.74) is 3.57. The summed E-state index contributed by atoms with van der Waals surface area (Å²) in [6.45, 7) is 10.9. The molecule has 0 unspecified atom stereocenters. The second-order valence-electron chi connectivity index (χ2n) is 10.7. The number of rotatable bonds is 5. The SMILES string of the molecule is [C-]#[N+]c1ccc2ncn(C[C@@]3(C)CCC[C@@]4(CN(c5cnc(C6CC6)cc5OC)C(=O)O4)C3)c2c1. The van der Waals surface area contributed by atoms with Crippen LogP contribution in [-0.2, 0) is 11.3 Å². The zero-order valence-corrected chi connectivity index (χ0v) is 20.2. The number of carbonyl (C=O) groups excluding carboxylic acids is 1. The Bertz CT molecular complexity index is 1360. The molecule has 1 aromatic carbocycles. The van der Waals surface area contributed by atoms with Crippen LogP contribution in [0.4, 0.5) is 16.2 Å². The Hall–Kier alpha value is -3.60. The van der Waals surface area contributed by atoms with Gasteiger partial charge in [0.2, 0.25) is 0 Å². The van der Waals surface area contributed by atoms with Crippen LogP contribution < -0.4 is 9.64 Å². The van der Waals surface area contributed by atoms with Crippen molar-refractivity contribution in [2.75, 3.05) is 18.6 Å². The highest BCUT2D eigenvalue weighted by Gasteiger charge is 2.52. The van der Waals surface area contributed by atoms with Gasteiger partial charge >= 0.3 is 6.09 Å². The molecule has 3 aromatic rings. The topological polar surface area (TPSA) is 73.8 Å². The van der Waals surface area contributed by atoms with Crippen LogP contribution in [0.5, 0.6) is 5.75 Å². The minimum Gasteiger partial charge on any atom is -0.494 e. The lowest BCUT2D eigenvalue weighted by atomic mass is 9.68. The lowest BCUT2D eigenvalue weighted by molar-refractivity contribution is -0.0264. The van der Waals surface area contributed by atoms with E-state index in [-0.39, 0.29) is 11.5 Å². The molecule has 0 N–H and O–H groups in total. The average molecular weight is 472 g/mol. The Morgan fingerprint density at radius 2 is 2.11 bits per heavy atom. The van der Waals surface area contributed by atoms with E-state index in [0.717, 1.165) is 61.8 Å². The summed E-state index contributed by atoms with van der Waals surface area (Å²) in [5.74, 6) is 1.19. The maximum absolute atomic E-state index is 13.1. The van der Waals surface area contributed by atoms with Gasteiger partial charge in [0.05, 0.1) is 43.8 Å². The van der Waals surface area contributed by atoms with Crippen molar-refractivity contribution in [1.82, 2.24) is 14.5 Å². The van der Waals surface area contributed by atoms with Crippen molar-refractivity contribution >= 4 is 28.5 Å². The Kier molecular flexibility index (Phi) is 4.99. The number of nitrogens with zero attached hydrogens (tertiary/aromatic N) is 5. The minimum absolute atomic E-state index is 0.0750. The van der Waals surface area contributed by atoms with Gasteiger partial charge in [0.25, 0.3) is 0 Å². The van der Waals surface area contributed by atoms with Gasteiger partial charge in [0, 0.05) is 24.2 Å². The van der Waals surface area contributed by atoms with E-state index in [9.17, 15) is 4.79 Å². The van der Waals surface area contributed by atoms with Gasteiger partial charge in [-0.15, -0.1) is 0 Å². The standard InChI is InChI=1S/C27H29N5O3/c1-26(15-31-17-30-20-8-7-19(28-2)11-22(20)31)9-4-10-27(14-26)16-32(25(33)35-27)23-13-29-21(18-5-6-18)12-24(23)34-3/h7-8,11-13,17-18H,4-6,9-10,14-16H2,1,3H3/t26-,27-/m0/s1. The maximum atomic E-state index is 13.1. The van der Waals surface area contributed by atoms with Crippen molar-refractivity contribution in [1.29, 1.82) is 0 Å². The van der Waals surface area contributed by atoms with E-state index >= 15 is 0 Å². The fourth-order valence-electron chi connectivity index (χ4n) is 6.02. The van der Waals surface area contributed by atoms with Crippen molar-refractivity contribution < 1.29 is 14.3 Å². The third-order valence-corrected chi connectivity index (χ3v) is 7.79. The van der Waals surface area contributed by atoms with Gasteiger partial charge in [-0.05, 0) is 56.1 Å². The molecule has 0 radical (unpaired) electrons. The van der Waals surface area contributed by atoms with Crippen LogP contribution in [0.3, 0.4) is 0 Å². The summed E-state index contributed by atoms with van der Waals surface area (Å²) in [6.07, 6.45) is 9.24. The molecule has 2 saturated carbocycles. The van der Waals surface area contributed by atoms with Gasteiger partial charge < -0.3 is 14.0 Å². The third-order valence-electron chi connectivity index (χ3n) is 7.79. The minimum atomic E-state index is -0.539. The van der Waals surface area contributed by atoms with Crippen molar-refractivity contribution in [3.63, 3.8) is 0 Å². The molecule has 2 aromatic heterocycles.